The van der Waals surface area contributed by atoms with E-state index in [1.165, 1.54) is 6.07 Å². The van der Waals surface area contributed by atoms with Gasteiger partial charge < -0.3 is 10.1 Å². The molecule has 5 heteroatoms. The van der Waals surface area contributed by atoms with E-state index in [4.69, 9.17) is 4.74 Å². The number of benzene rings is 1. The molecule has 1 saturated carbocycles. The number of nitrogens with one attached hydrogen (secondary N) is 1. The number of ether oxygens (including phenoxy) is 1. The van der Waals surface area contributed by atoms with E-state index in [1.807, 2.05) is 18.2 Å². The number of pyridine rings is 1. The predicted octanol–water partition coefficient (Wildman–Crippen LogP) is 3.67. The maximum Gasteiger partial charge on any atom is 0.231 e. The highest BCUT2D eigenvalue weighted by molar-refractivity contribution is 5.89. The molecule has 2 aromatic rings. The molecule has 4 nitrogen and oxygen atoms in total. The minimum absolute atomic E-state index is 0.0140. The lowest BCUT2D eigenvalue weighted by molar-refractivity contribution is -0.127. The number of carbonyl (C=O) groups excluding carboxylic acids is 1. The van der Waals surface area contributed by atoms with E-state index in [-0.39, 0.29) is 23.5 Å². The van der Waals surface area contributed by atoms with Gasteiger partial charge in [0, 0.05) is 24.4 Å². The second-order valence-corrected chi connectivity index (χ2v) is 6.85. The highest BCUT2D eigenvalue weighted by atomic mass is 19.1. The van der Waals surface area contributed by atoms with Crippen molar-refractivity contribution in [3.63, 3.8) is 0 Å². The first kappa shape index (κ1) is 16.1. The number of hydrogen-bond donors (Lipinski definition) is 1. The number of halogens is 1. The molecule has 0 bridgehead atoms. The first-order chi connectivity index (χ1) is 12.2. The van der Waals surface area contributed by atoms with Crippen LogP contribution in [0.4, 0.5) is 4.39 Å². The second-order valence-electron chi connectivity index (χ2n) is 6.85. The van der Waals surface area contributed by atoms with Crippen LogP contribution in [0, 0.1) is 5.82 Å². The Morgan fingerprint density at radius 2 is 2.08 bits per heavy atom. The van der Waals surface area contributed by atoms with E-state index >= 15 is 0 Å². The van der Waals surface area contributed by atoms with Gasteiger partial charge in [-0.25, -0.2) is 4.39 Å². The minimum atomic E-state index is -0.528. The fourth-order valence-electron chi connectivity index (χ4n) is 4.10. The van der Waals surface area contributed by atoms with Gasteiger partial charge in [0.05, 0.1) is 18.1 Å². The molecule has 2 aliphatic rings. The average Bonchev–Trinajstić information content (AvgIpc) is 3.15. The fraction of sp³-hybridized carbons (Fsp3) is 0.400. The van der Waals surface area contributed by atoms with E-state index in [0.29, 0.717) is 13.0 Å². The smallest absolute Gasteiger partial charge is 0.231 e. The second kappa shape index (κ2) is 6.47. The number of carbonyl (C=O) groups is 1. The van der Waals surface area contributed by atoms with Crippen LogP contribution in [-0.4, -0.2) is 17.5 Å². The molecule has 1 atom stereocenters. The number of para-hydroxylation sites is 1. The molecule has 1 aromatic heterocycles. The van der Waals surface area contributed by atoms with Crippen molar-refractivity contribution in [2.24, 2.45) is 0 Å². The number of hydrogen-bond acceptors (Lipinski definition) is 3. The van der Waals surface area contributed by atoms with Crippen LogP contribution in [0.2, 0.25) is 0 Å². The predicted molar refractivity (Wildman–Crippen MR) is 91.8 cm³/mol. The monoisotopic (exact) mass is 340 g/mol. The zero-order valence-corrected chi connectivity index (χ0v) is 14.0. The summed E-state index contributed by atoms with van der Waals surface area (Å²) in [5, 5.41) is 3.17. The van der Waals surface area contributed by atoms with Crippen molar-refractivity contribution < 1.29 is 13.9 Å². The number of aromatic nitrogens is 1. The van der Waals surface area contributed by atoms with E-state index in [2.05, 4.69) is 10.3 Å². The van der Waals surface area contributed by atoms with E-state index in [1.54, 1.807) is 18.5 Å². The van der Waals surface area contributed by atoms with E-state index in [0.717, 1.165) is 36.8 Å². The van der Waals surface area contributed by atoms with Crippen molar-refractivity contribution >= 4 is 5.91 Å². The average molecular weight is 340 g/mol. The molecule has 1 aliphatic carbocycles. The Morgan fingerprint density at radius 3 is 2.84 bits per heavy atom. The summed E-state index contributed by atoms with van der Waals surface area (Å²) in [6.07, 6.45) is 7.87. The Hall–Kier alpha value is -2.43. The van der Waals surface area contributed by atoms with Gasteiger partial charge in [-0.2, -0.15) is 0 Å². The van der Waals surface area contributed by atoms with Crippen molar-refractivity contribution in [1.29, 1.82) is 0 Å². The summed E-state index contributed by atoms with van der Waals surface area (Å²) in [7, 11) is 0. The van der Waals surface area contributed by atoms with Crippen LogP contribution in [0.1, 0.15) is 49.3 Å². The maximum atomic E-state index is 14.0. The molecular weight excluding hydrogens is 319 g/mol. The van der Waals surface area contributed by atoms with Crippen LogP contribution < -0.4 is 10.1 Å². The van der Waals surface area contributed by atoms with Crippen LogP contribution in [0.25, 0.3) is 0 Å². The molecule has 130 valence electrons. The molecule has 1 amide bonds. The van der Waals surface area contributed by atoms with Crippen molar-refractivity contribution in [2.45, 2.75) is 43.6 Å². The Balaban J connectivity index is 1.63. The molecule has 1 aromatic carbocycles. The summed E-state index contributed by atoms with van der Waals surface area (Å²) in [5.41, 5.74) is 1.16. The lowest BCUT2D eigenvalue weighted by Crippen LogP contribution is -2.45. The SMILES string of the molecule is O=C(NC1CCOc2c(F)cccc21)C1(c2cccnc2)CCCC1. The third-order valence-electron chi connectivity index (χ3n) is 5.44. The van der Waals surface area contributed by atoms with Crippen molar-refractivity contribution in [3.8, 4) is 5.75 Å². The Kier molecular flexibility index (Phi) is 4.15. The lowest BCUT2D eigenvalue weighted by Gasteiger charge is -2.33. The third-order valence-corrected chi connectivity index (χ3v) is 5.44. The highest BCUT2D eigenvalue weighted by Gasteiger charge is 2.44. The van der Waals surface area contributed by atoms with Crippen LogP contribution in [0.5, 0.6) is 5.75 Å². The first-order valence-electron chi connectivity index (χ1n) is 8.83. The van der Waals surface area contributed by atoms with Gasteiger partial charge in [-0.05, 0) is 30.5 Å². The quantitative estimate of drug-likeness (QED) is 0.927. The molecule has 1 N–H and O–H groups in total. The summed E-state index contributed by atoms with van der Waals surface area (Å²) >= 11 is 0. The van der Waals surface area contributed by atoms with Crippen LogP contribution in [0.15, 0.2) is 42.7 Å². The molecule has 25 heavy (non-hydrogen) atoms. The molecule has 1 fully saturated rings. The highest BCUT2D eigenvalue weighted by Crippen LogP contribution is 2.42. The molecule has 0 radical (unpaired) electrons. The Bertz CT molecular complexity index is 773. The normalized spacial score (nSPS) is 21.2. The van der Waals surface area contributed by atoms with Gasteiger partial charge in [-0.15, -0.1) is 0 Å². The zero-order valence-electron chi connectivity index (χ0n) is 14.0. The number of amides is 1. The van der Waals surface area contributed by atoms with Gasteiger partial charge in [0.15, 0.2) is 11.6 Å². The number of fused-ring (bicyclic) bond motifs is 1. The van der Waals surface area contributed by atoms with Gasteiger partial charge in [-0.3, -0.25) is 9.78 Å². The van der Waals surface area contributed by atoms with Gasteiger partial charge >= 0.3 is 0 Å². The molecule has 4 rings (SSSR count). The molecule has 2 heterocycles. The zero-order chi connectivity index (χ0) is 17.3. The standard InChI is InChI=1S/C20H21FN2O2/c21-16-7-3-6-15-17(8-12-25-18(15)16)23-19(24)20(9-1-2-10-20)14-5-4-11-22-13-14/h3-7,11,13,17H,1-2,8-10,12H2,(H,23,24). The Labute approximate surface area is 146 Å². The molecule has 1 aliphatic heterocycles. The Morgan fingerprint density at radius 1 is 1.24 bits per heavy atom. The topological polar surface area (TPSA) is 51.2 Å². The van der Waals surface area contributed by atoms with Gasteiger partial charge in [-0.1, -0.05) is 31.0 Å². The minimum Gasteiger partial charge on any atom is -0.490 e. The van der Waals surface area contributed by atoms with Crippen molar-refractivity contribution in [3.05, 3.63) is 59.7 Å². The number of nitrogens with zero attached hydrogens (tertiary/aromatic N) is 1. The molecule has 1 unspecified atom stereocenters. The lowest BCUT2D eigenvalue weighted by atomic mass is 9.78. The third kappa shape index (κ3) is 2.77. The van der Waals surface area contributed by atoms with Gasteiger partial charge in [0.2, 0.25) is 5.91 Å². The van der Waals surface area contributed by atoms with Crippen LogP contribution >= 0.6 is 0 Å². The van der Waals surface area contributed by atoms with E-state index in [9.17, 15) is 9.18 Å². The van der Waals surface area contributed by atoms with Crippen LogP contribution in [0.3, 0.4) is 0 Å². The fourth-order valence-corrected chi connectivity index (χ4v) is 4.10. The largest absolute Gasteiger partial charge is 0.490 e. The summed E-state index contributed by atoms with van der Waals surface area (Å²) in [5.74, 6) is -0.0969. The van der Waals surface area contributed by atoms with Crippen molar-refractivity contribution in [2.75, 3.05) is 6.61 Å². The molecular formula is C20H21FN2O2. The molecule has 0 spiro atoms. The maximum absolute atomic E-state index is 14.0. The first-order valence-corrected chi connectivity index (χ1v) is 8.83. The van der Waals surface area contributed by atoms with E-state index < -0.39 is 5.41 Å². The summed E-state index contributed by atoms with van der Waals surface area (Å²) in [6.45, 7) is 0.402. The van der Waals surface area contributed by atoms with Crippen molar-refractivity contribution in [1.82, 2.24) is 10.3 Å². The summed E-state index contributed by atoms with van der Waals surface area (Å²) in [4.78, 5) is 17.5. The van der Waals surface area contributed by atoms with Gasteiger partial charge in [0.25, 0.3) is 0 Å². The van der Waals surface area contributed by atoms with Crippen LogP contribution in [-0.2, 0) is 10.2 Å². The number of rotatable bonds is 3. The summed E-state index contributed by atoms with van der Waals surface area (Å²) < 4.78 is 19.4. The summed E-state index contributed by atoms with van der Waals surface area (Å²) in [6, 6.07) is 8.51. The molecule has 0 saturated heterocycles. The van der Waals surface area contributed by atoms with Gasteiger partial charge in [0.1, 0.15) is 0 Å².